The van der Waals surface area contributed by atoms with Gasteiger partial charge < -0.3 is 10.6 Å². The molecular formula is C29H25ClN6O3S. The van der Waals surface area contributed by atoms with Gasteiger partial charge in [-0.3, -0.25) is 19.1 Å². The molecule has 5 rings (SSSR count). The average molecular weight is 573 g/mol. The van der Waals surface area contributed by atoms with Crippen LogP contribution < -0.4 is 10.6 Å². The van der Waals surface area contributed by atoms with Crippen molar-refractivity contribution in [3.63, 3.8) is 0 Å². The van der Waals surface area contributed by atoms with Crippen LogP contribution in [0.3, 0.4) is 0 Å². The van der Waals surface area contributed by atoms with E-state index >= 15 is 0 Å². The van der Waals surface area contributed by atoms with Gasteiger partial charge in [0.25, 0.3) is 5.91 Å². The van der Waals surface area contributed by atoms with Crippen LogP contribution in [0.25, 0.3) is 16.1 Å². The number of halogens is 1. The van der Waals surface area contributed by atoms with Crippen LogP contribution in [-0.4, -0.2) is 38.4 Å². The molecule has 2 aromatic heterocycles. The van der Waals surface area contributed by atoms with Crippen LogP contribution in [0, 0.1) is 13.5 Å². The molecule has 9 nitrogen and oxygen atoms in total. The summed E-state index contributed by atoms with van der Waals surface area (Å²) in [6.45, 7) is 9.30. The summed E-state index contributed by atoms with van der Waals surface area (Å²) in [5.41, 5.74) is 2.24. The molecule has 0 spiro atoms. The Labute approximate surface area is 240 Å². The van der Waals surface area contributed by atoms with Gasteiger partial charge in [0.2, 0.25) is 11.7 Å². The highest BCUT2D eigenvalue weighted by Gasteiger charge is 2.54. The molecular weight excluding hydrogens is 548 g/mol. The quantitative estimate of drug-likeness (QED) is 0.213. The molecule has 202 valence electrons. The maximum atomic E-state index is 13.7. The highest BCUT2D eigenvalue weighted by Crippen LogP contribution is 2.45. The number of ketones is 1. The van der Waals surface area contributed by atoms with Crippen molar-refractivity contribution in [3.05, 3.63) is 98.9 Å². The second-order valence-electron chi connectivity index (χ2n) is 9.61. The molecule has 2 amide bonds. The highest BCUT2D eigenvalue weighted by atomic mass is 35.5. The normalized spacial score (nSPS) is 14.1. The van der Waals surface area contributed by atoms with Gasteiger partial charge in [-0.05, 0) is 55.2 Å². The Morgan fingerprint density at radius 3 is 2.62 bits per heavy atom. The summed E-state index contributed by atoms with van der Waals surface area (Å²) in [6.07, 6.45) is 2.86. The van der Waals surface area contributed by atoms with E-state index in [1.165, 1.54) is 11.3 Å². The van der Waals surface area contributed by atoms with E-state index in [0.717, 1.165) is 11.3 Å². The number of Topliss-reactive ketones (excluding diaryl/α,β-unsaturated/α-hetero) is 1. The van der Waals surface area contributed by atoms with Crippen molar-refractivity contribution in [1.82, 2.24) is 25.4 Å². The lowest BCUT2D eigenvalue weighted by Crippen LogP contribution is -2.52. The molecule has 0 unspecified atom stereocenters. The predicted molar refractivity (Wildman–Crippen MR) is 152 cm³/mol. The predicted octanol–water partition coefficient (Wildman–Crippen LogP) is 4.62. The summed E-state index contributed by atoms with van der Waals surface area (Å²) in [6, 6.07) is 15.0. The first-order valence-corrected chi connectivity index (χ1v) is 13.9. The number of hydrogen-bond acceptors (Lipinski definition) is 6. The zero-order valence-corrected chi connectivity index (χ0v) is 23.1. The van der Waals surface area contributed by atoms with Crippen molar-refractivity contribution in [2.45, 2.75) is 44.3 Å². The van der Waals surface area contributed by atoms with Gasteiger partial charge in [-0.2, -0.15) is 5.10 Å². The number of hydrogen-bond donors (Lipinski definition) is 2. The molecule has 1 atom stereocenters. The summed E-state index contributed by atoms with van der Waals surface area (Å²) in [5, 5.41) is 13.1. The molecule has 1 aliphatic rings. The molecule has 11 heteroatoms. The first-order chi connectivity index (χ1) is 19.3. The van der Waals surface area contributed by atoms with Crippen molar-refractivity contribution in [2.24, 2.45) is 0 Å². The lowest BCUT2D eigenvalue weighted by atomic mass is 10.0. The van der Waals surface area contributed by atoms with Crippen molar-refractivity contribution in [2.75, 3.05) is 0 Å². The van der Waals surface area contributed by atoms with Crippen LogP contribution in [0.2, 0.25) is 5.02 Å². The second-order valence-corrected chi connectivity index (χ2v) is 11.0. The molecule has 1 saturated carbocycles. The molecule has 0 bridgehead atoms. The fraction of sp³-hybridized carbons (Fsp3) is 0.241. The minimum atomic E-state index is -1.06. The molecule has 4 aromatic rings. The minimum Gasteiger partial charge on any atom is -0.343 e. The zero-order valence-electron chi connectivity index (χ0n) is 21.6. The number of aromatic nitrogens is 3. The lowest BCUT2D eigenvalue weighted by molar-refractivity contribution is -0.140. The smallest absolute Gasteiger partial charge is 0.289 e. The van der Waals surface area contributed by atoms with Gasteiger partial charge in [0.15, 0.2) is 5.69 Å². The molecule has 0 aliphatic heterocycles. The first-order valence-electron chi connectivity index (χ1n) is 12.6. The maximum absolute atomic E-state index is 13.7. The van der Waals surface area contributed by atoms with Gasteiger partial charge in [-0.15, -0.1) is 11.3 Å². The van der Waals surface area contributed by atoms with E-state index in [1.54, 1.807) is 34.5 Å². The fourth-order valence-corrected chi connectivity index (χ4v) is 5.37. The standard InChI is InChI=1S/C29H25ClN6O3S/c1-18-12-23(20-14-21(30)16-22(15-20)31-2)35-36(18)29(8-9-29)28(39)34-24(13-19-6-4-3-5-7-19)26(37)27(38)33-17-25-32-10-11-40-25/h3-7,10-12,14-16,24H,8-9,13,17H2,1H3,(H,33,38)(H,34,39)/t24-/m1/s1. The molecule has 0 saturated heterocycles. The largest absolute Gasteiger partial charge is 0.343 e. The Bertz CT molecular complexity index is 1610. The molecule has 40 heavy (non-hydrogen) atoms. The third-order valence-electron chi connectivity index (χ3n) is 6.76. The summed E-state index contributed by atoms with van der Waals surface area (Å²) < 4.78 is 1.67. The fourth-order valence-electron chi connectivity index (χ4n) is 4.58. The van der Waals surface area contributed by atoms with Gasteiger partial charge in [0, 0.05) is 28.7 Å². The molecule has 1 aliphatic carbocycles. The molecule has 2 aromatic carbocycles. The summed E-state index contributed by atoms with van der Waals surface area (Å²) >= 11 is 7.57. The van der Waals surface area contributed by atoms with Crippen LogP contribution in [0.15, 0.2) is 66.2 Å². The Morgan fingerprint density at radius 1 is 1.18 bits per heavy atom. The summed E-state index contributed by atoms with van der Waals surface area (Å²) in [7, 11) is 0. The SMILES string of the molecule is [C-]#[N+]c1cc(Cl)cc(-c2cc(C)n(C3(C(=O)N[C@H](Cc4ccccc4)C(=O)C(=O)NCc4nccs4)CC3)n2)c1. The van der Waals surface area contributed by atoms with Crippen molar-refractivity contribution < 1.29 is 14.4 Å². The van der Waals surface area contributed by atoms with Crippen LogP contribution in [-0.2, 0) is 32.9 Å². The van der Waals surface area contributed by atoms with E-state index in [1.807, 2.05) is 43.3 Å². The Hall–Kier alpha value is -4.33. The van der Waals surface area contributed by atoms with E-state index in [4.69, 9.17) is 23.3 Å². The highest BCUT2D eigenvalue weighted by molar-refractivity contribution is 7.09. The number of nitrogens with one attached hydrogen (secondary N) is 2. The molecule has 1 fully saturated rings. The van der Waals surface area contributed by atoms with E-state index in [-0.39, 0.29) is 18.9 Å². The third-order valence-corrected chi connectivity index (χ3v) is 7.76. The number of amides is 2. The monoisotopic (exact) mass is 572 g/mol. The number of carbonyl (C=O) groups excluding carboxylic acids is 3. The second kappa shape index (κ2) is 11.4. The van der Waals surface area contributed by atoms with Crippen molar-refractivity contribution >= 4 is 46.2 Å². The van der Waals surface area contributed by atoms with Crippen molar-refractivity contribution in [3.8, 4) is 11.3 Å². The number of thiazole rings is 1. The molecule has 2 heterocycles. The number of carbonyl (C=O) groups is 3. The number of aryl methyl sites for hydroxylation is 1. The maximum Gasteiger partial charge on any atom is 0.289 e. The van der Waals surface area contributed by atoms with Gasteiger partial charge in [-0.25, -0.2) is 9.83 Å². The molecule has 0 radical (unpaired) electrons. The first kappa shape index (κ1) is 27.2. The topological polar surface area (TPSA) is 110 Å². The number of rotatable bonds is 10. The van der Waals surface area contributed by atoms with Crippen molar-refractivity contribution in [1.29, 1.82) is 0 Å². The number of nitrogens with zero attached hydrogens (tertiary/aromatic N) is 4. The van der Waals surface area contributed by atoms with Crippen LogP contribution >= 0.6 is 22.9 Å². The molecule has 2 N–H and O–H groups in total. The summed E-state index contributed by atoms with van der Waals surface area (Å²) in [5.74, 6) is -1.89. The van der Waals surface area contributed by atoms with Gasteiger partial charge in [0.05, 0.1) is 18.8 Å². The Morgan fingerprint density at radius 2 is 1.95 bits per heavy atom. The van der Waals surface area contributed by atoms with Gasteiger partial charge in [0.1, 0.15) is 16.6 Å². The zero-order chi connectivity index (χ0) is 28.3. The summed E-state index contributed by atoms with van der Waals surface area (Å²) in [4.78, 5) is 47.4. The number of benzene rings is 2. The van der Waals surface area contributed by atoms with Crippen LogP contribution in [0.5, 0.6) is 0 Å². The van der Waals surface area contributed by atoms with E-state index < -0.39 is 23.3 Å². The van der Waals surface area contributed by atoms with E-state index in [9.17, 15) is 14.4 Å². The average Bonchev–Trinajstić information content (AvgIpc) is 3.40. The van der Waals surface area contributed by atoms with Gasteiger partial charge in [-0.1, -0.05) is 41.9 Å². The Kier molecular flexibility index (Phi) is 7.78. The van der Waals surface area contributed by atoms with E-state index in [0.29, 0.717) is 39.8 Å². The minimum absolute atomic E-state index is 0.131. The Balaban J connectivity index is 1.37. The van der Waals surface area contributed by atoms with E-state index in [2.05, 4.69) is 20.5 Å². The third kappa shape index (κ3) is 5.81. The van der Waals surface area contributed by atoms with Gasteiger partial charge >= 0.3 is 0 Å². The van der Waals surface area contributed by atoms with Crippen LogP contribution in [0.4, 0.5) is 5.69 Å². The van der Waals surface area contributed by atoms with Crippen LogP contribution in [0.1, 0.15) is 29.1 Å². The lowest BCUT2D eigenvalue weighted by Gasteiger charge is -2.23.